The molecule has 0 unspecified atom stereocenters. The predicted octanol–water partition coefficient (Wildman–Crippen LogP) is 1.75. The molecule has 0 radical (unpaired) electrons. The first-order chi connectivity index (χ1) is 7.69. The zero-order valence-corrected chi connectivity index (χ0v) is 9.27. The van der Waals surface area contributed by atoms with E-state index in [9.17, 15) is 0 Å². The number of aryl methyl sites for hydroxylation is 1. The first kappa shape index (κ1) is 10.4. The number of methoxy groups -OCH3 is 1. The number of benzene rings is 1. The highest BCUT2D eigenvalue weighted by Gasteiger charge is 2.03. The van der Waals surface area contributed by atoms with Crippen LogP contribution in [-0.4, -0.2) is 16.9 Å². The second kappa shape index (κ2) is 4.14. The van der Waals surface area contributed by atoms with Crippen LogP contribution >= 0.6 is 0 Å². The van der Waals surface area contributed by atoms with Gasteiger partial charge in [0.2, 0.25) is 0 Å². The van der Waals surface area contributed by atoms with Gasteiger partial charge in [0.1, 0.15) is 5.75 Å². The molecule has 5 nitrogen and oxygen atoms in total. The van der Waals surface area contributed by atoms with Crippen molar-refractivity contribution in [3.8, 4) is 5.75 Å². The highest BCUT2D eigenvalue weighted by atomic mass is 16.5. The Bertz CT molecular complexity index is 492. The number of hydrogen-bond acceptors (Lipinski definition) is 4. The van der Waals surface area contributed by atoms with Crippen LogP contribution in [0, 0.1) is 0 Å². The second-order valence-electron chi connectivity index (χ2n) is 3.45. The summed E-state index contributed by atoms with van der Waals surface area (Å²) in [4.78, 5) is 0. The highest BCUT2D eigenvalue weighted by molar-refractivity contribution is 5.72. The minimum atomic E-state index is 0.659. The molecule has 2 rings (SSSR count). The van der Waals surface area contributed by atoms with Gasteiger partial charge in [0.15, 0.2) is 5.82 Å². The van der Waals surface area contributed by atoms with E-state index in [4.69, 9.17) is 10.5 Å². The summed E-state index contributed by atoms with van der Waals surface area (Å²) in [7, 11) is 3.48. The van der Waals surface area contributed by atoms with Crippen LogP contribution in [0.4, 0.5) is 17.2 Å². The lowest BCUT2D eigenvalue weighted by molar-refractivity contribution is 0.415. The van der Waals surface area contributed by atoms with Crippen LogP contribution in [0.25, 0.3) is 0 Å². The summed E-state index contributed by atoms with van der Waals surface area (Å²) in [5.74, 6) is 1.51. The van der Waals surface area contributed by atoms with Crippen LogP contribution < -0.4 is 15.8 Å². The van der Waals surface area contributed by atoms with Gasteiger partial charge in [0, 0.05) is 25.4 Å². The van der Waals surface area contributed by atoms with E-state index in [1.165, 1.54) is 0 Å². The van der Waals surface area contributed by atoms with Crippen LogP contribution in [-0.2, 0) is 7.05 Å². The summed E-state index contributed by atoms with van der Waals surface area (Å²) < 4.78 is 6.85. The van der Waals surface area contributed by atoms with Crippen molar-refractivity contribution in [2.75, 3.05) is 18.2 Å². The molecule has 0 fully saturated rings. The largest absolute Gasteiger partial charge is 0.497 e. The number of nitrogens with zero attached hydrogens (tertiary/aromatic N) is 2. The minimum Gasteiger partial charge on any atom is -0.497 e. The van der Waals surface area contributed by atoms with Crippen molar-refractivity contribution in [1.82, 2.24) is 9.78 Å². The Kier molecular flexibility index (Phi) is 2.68. The topological polar surface area (TPSA) is 65.1 Å². The Morgan fingerprint density at radius 2 is 2.19 bits per heavy atom. The summed E-state index contributed by atoms with van der Waals surface area (Å²) in [6.07, 6.45) is 1.86. The average Bonchev–Trinajstić information content (AvgIpc) is 2.67. The molecule has 0 aliphatic rings. The van der Waals surface area contributed by atoms with Crippen LogP contribution in [0.1, 0.15) is 0 Å². The number of aromatic nitrogens is 2. The van der Waals surface area contributed by atoms with E-state index < -0.39 is 0 Å². The summed E-state index contributed by atoms with van der Waals surface area (Å²) in [6, 6.07) is 7.33. The van der Waals surface area contributed by atoms with Gasteiger partial charge in [0.25, 0.3) is 0 Å². The molecular formula is C11H14N4O. The van der Waals surface area contributed by atoms with Crippen molar-refractivity contribution in [2.45, 2.75) is 0 Å². The minimum absolute atomic E-state index is 0.659. The van der Waals surface area contributed by atoms with Gasteiger partial charge in [-0.25, -0.2) is 0 Å². The molecule has 2 aromatic rings. The van der Waals surface area contributed by atoms with E-state index in [1.807, 2.05) is 31.4 Å². The van der Waals surface area contributed by atoms with E-state index >= 15 is 0 Å². The standard InChI is InChI=1S/C11H14N4O/c1-15-6-5-11(14-15)13-10-7-8(16-2)3-4-9(10)12/h3-7H,12H2,1-2H3,(H,13,14). The molecular weight excluding hydrogens is 204 g/mol. The number of nitrogens with two attached hydrogens (primary N) is 1. The zero-order valence-electron chi connectivity index (χ0n) is 9.27. The second-order valence-corrected chi connectivity index (χ2v) is 3.45. The predicted molar refractivity (Wildman–Crippen MR) is 63.9 cm³/mol. The van der Waals surface area contributed by atoms with Gasteiger partial charge in [-0.05, 0) is 12.1 Å². The molecule has 1 aromatic heterocycles. The van der Waals surface area contributed by atoms with Gasteiger partial charge in [-0.1, -0.05) is 0 Å². The van der Waals surface area contributed by atoms with Crippen LogP contribution in [0.2, 0.25) is 0 Å². The quantitative estimate of drug-likeness (QED) is 0.770. The number of anilines is 3. The van der Waals surface area contributed by atoms with E-state index in [1.54, 1.807) is 17.9 Å². The van der Waals surface area contributed by atoms with Gasteiger partial charge in [-0.2, -0.15) is 5.10 Å². The fourth-order valence-electron chi connectivity index (χ4n) is 1.39. The zero-order chi connectivity index (χ0) is 11.5. The van der Waals surface area contributed by atoms with E-state index in [2.05, 4.69) is 10.4 Å². The third-order valence-corrected chi connectivity index (χ3v) is 2.24. The van der Waals surface area contributed by atoms with E-state index in [-0.39, 0.29) is 0 Å². The van der Waals surface area contributed by atoms with Crippen LogP contribution in [0.15, 0.2) is 30.5 Å². The molecule has 5 heteroatoms. The van der Waals surface area contributed by atoms with E-state index in [0.717, 1.165) is 17.3 Å². The molecule has 1 heterocycles. The van der Waals surface area contributed by atoms with Gasteiger partial charge < -0.3 is 15.8 Å². The molecule has 84 valence electrons. The molecule has 3 N–H and O–H groups in total. The van der Waals surface area contributed by atoms with Crippen LogP contribution in [0.3, 0.4) is 0 Å². The van der Waals surface area contributed by atoms with Crippen molar-refractivity contribution < 1.29 is 4.74 Å². The molecule has 0 saturated carbocycles. The van der Waals surface area contributed by atoms with Crippen LogP contribution in [0.5, 0.6) is 5.75 Å². The maximum Gasteiger partial charge on any atom is 0.152 e. The number of rotatable bonds is 3. The number of nitrogens with one attached hydrogen (secondary N) is 1. The van der Waals surface area contributed by atoms with Crippen molar-refractivity contribution in [3.05, 3.63) is 30.5 Å². The van der Waals surface area contributed by atoms with Crippen molar-refractivity contribution in [1.29, 1.82) is 0 Å². The van der Waals surface area contributed by atoms with Crippen molar-refractivity contribution in [2.24, 2.45) is 7.05 Å². The van der Waals surface area contributed by atoms with Crippen molar-refractivity contribution >= 4 is 17.2 Å². The Hall–Kier alpha value is -2.17. The van der Waals surface area contributed by atoms with Gasteiger partial charge in [-0.15, -0.1) is 0 Å². The average molecular weight is 218 g/mol. The maximum absolute atomic E-state index is 5.85. The Labute approximate surface area is 93.8 Å². The fourth-order valence-corrected chi connectivity index (χ4v) is 1.39. The third-order valence-electron chi connectivity index (χ3n) is 2.24. The first-order valence-corrected chi connectivity index (χ1v) is 4.89. The summed E-state index contributed by atoms with van der Waals surface area (Å²) in [5, 5.41) is 7.34. The normalized spacial score (nSPS) is 10.1. The number of ether oxygens (including phenoxy) is 1. The summed E-state index contributed by atoms with van der Waals surface area (Å²) >= 11 is 0. The SMILES string of the molecule is COc1ccc(N)c(Nc2ccn(C)n2)c1. The van der Waals surface area contributed by atoms with E-state index in [0.29, 0.717) is 5.69 Å². The first-order valence-electron chi connectivity index (χ1n) is 4.89. The number of nitrogen functional groups attached to an aromatic ring is 1. The maximum atomic E-state index is 5.85. The molecule has 16 heavy (non-hydrogen) atoms. The molecule has 0 atom stereocenters. The molecule has 0 amide bonds. The van der Waals surface area contributed by atoms with Gasteiger partial charge in [0.05, 0.1) is 18.5 Å². The lowest BCUT2D eigenvalue weighted by Gasteiger charge is -2.08. The fraction of sp³-hybridized carbons (Fsp3) is 0.182. The monoisotopic (exact) mass is 218 g/mol. The lowest BCUT2D eigenvalue weighted by atomic mass is 10.2. The Morgan fingerprint density at radius 1 is 1.38 bits per heavy atom. The smallest absolute Gasteiger partial charge is 0.152 e. The molecule has 0 bridgehead atoms. The Morgan fingerprint density at radius 3 is 2.81 bits per heavy atom. The van der Waals surface area contributed by atoms with Gasteiger partial charge >= 0.3 is 0 Å². The molecule has 0 saturated heterocycles. The third kappa shape index (κ3) is 2.08. The lowest BCUT2D eigenvalue weighted by Crippen LogP contribution is -1.98. The summed E-state index contributed by atoms with van der Waals surface area (Å²) in [6.45, 7) is 0. The van der Waals surface area contributed by atoms with Crippen molar-refractivity contribution in [3.63, 3.8) is 0 Å². The Balaban J connectivity index is 2.26. The number of hydrogen-bond donors (Lipinski definition) is 2. The molecule has 1 aromatic carbocycles. The molecule has 0 aliphatic carbocycles. The highest BCUT2D eigenvalue weighted by Crippen LogP contribution is 2.26. The summed E-state index contributed by atoms with van der Waals surface area (Å²) in [5.41, 5.74) is 7.29. The molecule has 0 aliphatic heterocycles. The van der Waals surface area contributed by atoms with Gasteiger partial charge in [-0.3, -0.25) is 4.68 Å². The molecule has 0 spiro atoms.